The number of aromatic nitrogens is 1. The van der Waals surface area contributed by atoms with Crippen molar-refractivity contribution in [2.75, 3.05) is 18.6 Å². The molecule has 0 aliphatic rings. The highest BCUT2D eigenvalue weighted by molar-refractivity contribution is 7.98. The lowest BCUT2D eigenvalue weighted by molar-refractivity contribution is 0.0943. The Labute approximate surface area is 112 Å². The monoisotopic (exact) mass is 263 g/mol. The van der Waals surface area contributed by atoms with Crippen molar-refractivity contribution in [2.45, 2.75) is 13.0 Å². The van der Waals surface area contributed by atoms with Crippen LogP contribution in [0.5, 0.6) is 0 Å². The van der Waals surface area contributed by atoms with Gasteiger partial charge in [-0.25, -0.2) is 0 Å². The summed E-state index contributed by atoms with van der Waals surface area (Å²) in [7, 11) is 0. The molecule has 1 heterocycles. The minimum Gasteiger partial charge on any atom is -0.349 e. The summed E-state index contributed by atoms with van der Waals surface area (Å²) in [5.41, 5.74) is 6.47. The molecule has 1 rings (SSSR count). The van der Waals surface area contributed by atoms with Crippen molar-refractivity contribution in [1.82, 2.24) is 10.3 Å². The number of thioether (sulfide) groups is 1. The molecule has 1 atom stereocenters. The third kappa shape index (κ3) is 4.40. The fourth-order valence-corrected chi connectivity index (χ4v) is 2.01. The molecule has 1 aromatic heterocycles. The number of nitrogens with zero attached hydrogens (tertiary/aromatic N) is 1. The lowest BCUT2D eigenvalue weighted by atomic mass is 10.1. The number of nitrogens with two attached hydrogens (primary N) is 1. The van der Waals surface area contributed by atoms with E-state index in [0.29, 0.717) is 11.1 Å². The first-order chi connectivity index (χ1) is 8.69. The highest BCUT2D eigenvalue weighted by atomic mass is 32.2. The zero-order chi connectivity index (χ0) is 13.4. The summed E-state index contributed by atoms with van der Waals surface area (Å²) in [4.78, 5) is 16.0. The molecular formula is C13H17N3OS. The Hall–Kier alpha value is -1.51. The van der Waals surface area contributed by atoms with E-state index in [4.69, 9.17) is 5.73 Å². The minimum absolute atomic E-state index is 0.121. The molecule has 18 heavy (non-hydrogen) atoms. The van der Waals surface area contributed by atoms with Crippen LogP contribution in [0.1, 0.15) is 22.8 Å². The molecule has 0 aromatic carbocycles. The summed E-state index contributed by atoms with van der Waals surface area (Å²) in [6, 6.07) is 1.79. The van der Waals surface area contributed by atoms with Gasteiger partial charge in [0.1, 0.15) is 0 Å². The Morgan fingerprint density at radius 1 is 1.67 bits per heavy atom. The summed E-state index contributed by atoms with van der Waals surface area (Å²) in [6.07, 6.45) is 5.17. The van der Waals surface area contributed by atoms with Gasteiger partial charge in [-0.3, -0.25) is 9.78 Å². The van der Waals surface area contributed by atoms with E-state index in [-0.39, 0.29) is 18.5 Å². The minimum atomic E-state index is -0.125. The van der Waals surface area contributed by atoms with Gasteiger partial charge in [0.15, 0.2) is 0 Å². The number of rotatable bonds is 4. The van der Waals surface area contributed by atoms with E-state index in [1.54, 1.807) is 30.2 Å². The quantitative estimate of drug-likeness (QED) is 0.791. The van der Waals surface area contributed by atoms with Crippen LogP contribution in [0, 0.1) is 11.8 Å². The summed E-state index contributed by atoms with van der Waals surface area (Å²) < 4.78 is 0. The predicted molar refractivity (Wildman–Crippen MR) is 75.5 cm³/mol. The van der Waals surface area contributed by atoms with Crippen molar-refractivity contribution in [3.63, 3.8) is 0 Å². The molecule has 0 bridgehead atoms. The van der Waals surface area contributed by atoms with E-state index in [2.05, 4.69) is 22.1 Å². The standard InChI is InChI=1S/C13H17N3OS/c1-10(9-18-2)16-13(17)12-5-7-15-8-11(12)4-3-6-14/h5,7-8,10H,6,9,14H2,1-2H3,(H,16,17). The van der Waals surface area contributed by atoms with Gasteiger partial charge in [-0.2, -0.15) is 11.8 Å². The molecule has 0 spiro atoms. The lowest BCUT2D eigenvalue weighted by Crippen LogP contribution is -2.34. The third-order valence-electron chi connectivity index (χ3n) is 2.18. The van der Waals surface area contributed by atoms with Crippen molar-refractivity contribution in [1.29, 1.82) is 0 Å². The zero-order valence-electron chi connectivity index (χ0n) is 10.6. The second-order valence-corrected chi connectivity index (χ2v) is 4.67. The van der Waals surface area contributed by atoms with Gasteiger partial charge in [-0.05, 0) is 19.2 Å². The fraction of sp³-hybridized carbons (Fsp3) is 0.385. The summed E-state index contributed by atoms with van der Waals surface area (Å²) in [5.74, 6) is 6.34. The SMILES string of the molecule is CSCC(C)NC(=O)c1ccncc1C#CCN. The molecule has 0 aliphatic heterocycles. The molecular weight excluding hydrogens is 246 g/mol. The van der Waals surface area contributed by atoms with E-state index in [0.717, 1.165) is 5.75 Å². The van der Waals surface area contributed by atoms with Gasteiger partial charge in [0, 0.05) is 24.2 Å². The van der Waals surface area contributed by atoms with Gasteiger partial charge in [0.2, 0.25) is 0 Å². The molecule has 1 amide bonds. The molecule has 0 radical (unpaired) electrons. The number of pyridine rings is 1. The highest BCUT2D eigenvalue weighted by Crippen LogP contribution is 2.06. The van der Waals surface area contributed by atoms with Crippen LogP contribution in [0.2, 0.25) is 0 Å². The number of hydrogen-bond donors (Lipinski definition) is 2. The maximum absolute atomic E-state index is 12.1. The van der Waals surface area contributed by atoms with Crippen LogP contribution >= 0.6 is 11.8 Å². The van der Waals surface area contributed by atoms with Crippen molar-refractivity contribution in [2.24, 2.45) is 5.73 Å². The first-order valence-electron chi connectivity index (χ1n) is 5.61. The highest BCUT2D eigenvalue weighted by Gasteiger charge is 2.12. The van der Waals surface area contributed by atoms with Gasteiger partial charge in [-0.15, -0.1) is 0 Å². The Morgan fingerprint density at radius 3 is 3.11 bits per heavy atom. The van der Waals surface area contributed by atoms with Gasteiger partial charge in [0.05, 0.1) is 17.7 Å². The average Bonchev–Trinajstić information content (AvgIpc) is 2.36. The smallest absolute Gasteiger partial charge is 0.252 e. The largest absolute Gasteiger partial charge is 0.349 e. The summed E-state index contributed by atoms with van der Waals surface area (Å²) in [5, 5.41) is 2.93. The molecule has 0 saturated heterocycles. The molecule has 1 aromatic rings. The van der Waals surface area contributed by atoms with Crippen LogP contribution in [0.25, 0.3) is 0 Å². The van der Waals surface area contributed by atoms with E-state index in [9.17, 15) is 4.79 Å². The Balaban J connectivity index is 2.85. The maximum Gasteiger partial charge on any atom is 0.252 e. The third-order valence-corrected chi connectivity index (χ3v) is 3.02. The molecule has 4 nitrogen and oxygen atoms in total. The van der Waals surface area contributed by atoms with Gasteiger partial charge in [0.25, 0.3) is 5.91 Å². The Kier molecular flexibility index (Phi) is 6.26. The summed E-state index contributed by atoms with van der Waals surface area (Å²) in [6.45, 7) is 2.24. The van der Waals surface area contributed by atoms with Gasteiger partial charge >= 0.3 is 0 Å². The van der Waals surface area contributed by atoms with E-state index in [1.165, 1.54) is 0 Å². The Bertz CT molecular complexity index is 465. The number of amides is 1. The molecule has 0 saturated carbocycles. The topological polar surface area (TPSA) is 68.0 Å². The number of hydrogen-bond acceptors (Lipinski definition) is 4. The zero-order valence-corrected chi connectivity index (χ0v) is 11.4. The molecule has 0 fully saturated rings. The Morgan fingerprint density at radius 2 is 2.44 bits per heavy atom. The van der Waals surface area contributed by atoms with Crippen molar-refractivity contribution in [3.05, 3.63) is 29.6 Å². The average molecular weight is 263 g/mol. The van der Waals surface area contributed by atoms with Crippen LogP contribution in [0.15, 0.2) is 18.5 Å². The van der Waals surface area contributed by atoms with Crippen LogP contribution in [0.3, 0.4) is 0 Å². The molecule has 96 valence electrons. The van der Waals surface area contributed by atoms with Crippen LogP contribution in [-0.2, 0) is 0 Å². The second-order valence-electron chi connectivity index (χ2n) is 3.76. The lowest BCUT2D eigenvalue weighted by Gasteiger charge is -2.13. The van der Waals surface area contributed by atoms with Crippen LogP contribution in [0.4, 0.5) is 0 Å². The molecule has 1 unspecified atom stereocenters. The second kappa shape index (κ2) is 7.75. The maximum atomic E-state index is 12.1. The first kappa shape index (κ1) is 14.6. The fourth-order valence-electron chi connectivity index (χ4n) is 1.43. The number of carbonyl (C=O) groups is 1. The number of carbonyl (C=O) groups excluding carboxylic acids is 1. The van der Waals surface area contributed by atoms with Crippen molar-refractivity contribution >= 4 is 17.7 Å². The predicted octanol–water partition coefficient (Wildman–Crippen LogP) is 0.873. The van der Waals surface area contributed by atoms with Crippen LogP contribution < -0.4 is 11.1 Å². The van der Waals surface area contributed by atoms with E-state index >= 15 is 0 Å². The van der Waals surface area contributed by atoms with Gasteiger partial charge in [-0.1, -0.05) is 11.8 Å². The van der Waals surface area contributed by atoms with Crippen LogP contribution in [-0.4, -0.2) is 35.5 Å². The molecule has 0 aliphatic carbocycles. The molecule has 3 N–H and O–H groups in total. The molecule has 5 heteroatoms. The van der Waals surface area contributed by atoms with Gasteiger partial charge < -0.3 is 11.1 Å². The normalized spacial score (nSPS) is 11.3. The summed E-state index contributed by atoms with van der Waals surface area (Å²) >= 11 is 1.69. The first-order valence-corrected chi connectivity index (χ1v) is 7.01. The van der Waals surface area contributed by atoms with E-state index in [1.807, 2.05) is 13.2 Å². The van der Waals surface area contributed by atoms with Crippen molar-refractivity contribution < 1.29 is 4.79 Å². The van der Waals surface area contributed by atoms with Crippen molar-refractivity contribution in [3.8, 4) is 11.8 Å². The number of nitrogens with one attached hydrogen (secondary N) is 1. The van der Waals surface area contributed by atoms with E-state index < -0.39 is 0 Å².